The lowest BCUT2D eigenvalue weighted by Gasteiger charge is -2.14. The second-order valence-corrected chi connectivity index (χ2v) is 5.72. The maximum Gasteiger partial charge on any atom is 0.272 e. The van der Waals surface area contributed by atoms with Gasteiger partial charge < -0.3 is 25.1 Å². The number of benzene rings is 2. The van der Waals surface area contributed by atoms with Gasteiger partial charge in [-0.05, 0) is 18.2 Å². The summed E-state index contributed by atoms with van der Waals surface area (Å²) in [6.45, 7) is 0. The number of aromatic nitrogens is 1. The summed E-state index contributed by atoms with van der Waals surface area (Å²) in [6.07, 6.45) is 0. The molecule has 3 aromatic rings. The highest BCUT2D eigenvalue weighted by atomic mass is 16.5. The van der Waals surface area contributed by atoms with Gasteiger partial charge in [-0.2, -0.15) is 0 Å². The fourth-order valence-corrected chi connectivity index (χ4v) is 2.88. The van der Waals surface area contributed by atoms with Crippen LogP contribution in [0.1, 0.15) is 20.8 Å². The lowest BCUT2D eigenvalue weighted by molar-refractivity contribution is 0.100. The summed E-state index contributed by atoms with van der Waals surface area (Å²) < 4.78 is 12.2. The van der Waals surface area contributed by atoms with E-state index in [2.05, 4.69) is 5.32 Å². The van der Waals surface area contributed by atoms with Crippen LogP contribution in [-0.4, -0.2) is 30.6 Å². The lowest BCUT2D eigenvalue weighted by atomic mass is 10.1. The SMILES string of the molecule is COc1cc(NC(=O)c2cc3ccccc3n2C)c(C(N)=O)cc1OC. The Balaban J connectivity index is 2.02. The molecule has 134 valence electrons. The normalized spacial score (nSPS) is 10.6. The predicted molar refractivity (Wildman–Crippen MR) is 98.9 cm³/mol. The van der Waals surface area contributed by atoms with Crippen LogP contribution in [0.15, 0.2) is 42.5 Å². The monoisotopic (exact) mass is 353 g/mol. The van der Waals surface area contributed by atoms with E-state index in [0.29, 0.717) is 17.2 Å². The second kappa shape index (κ2) is 6.79. The van der Waals surface area contributed by atoms with Gasteiger partial charge >= 0.3 is 0 Å². The molecule has 0 atom stereocenters. The van der Waals surface area contributed by atoms with E-state index in [1.807, 2.05) is 24.3 Å². The van der Waals surface area contributed by atoms with Crippen LogP contribution in [0.4, 0.5) is 5.69 Å². The number of nitrogens with two attached hydrogens (primary N) is 1. The van der Waals surface area contributed by atoms with Crippen molar-refractivity contribution in [2.24, 2.45) is 12.8 Å². The summed E-state index contributed by atoms with van der Waals surface area (Å²) in [7, 11) is 4.73. The number of amides is 2. The minimum absolute atomic E-state index is 0.134. The topological polar surface area (TPSA) is 95.6 Å². The number of methoxy groups -OCH3 is 2. The standard InChI is InChI=1S/C19H19N3O4/c1-22-14-7-5-4-6-11(14)8-15(22)19(24)21-13-10-17(26-3)16(25-2)9-12(13)18(20)23/h4-10H,1-3H3,(H2,20,23)(H,21,24). The van der Waals surface area contributed by atoms with Gasteiger partial charge in [-0.15, -0.1) is 0 Å². The zero-order valence-electron chi connectivity index (χ0n) is 14.7. The van der Waals surface area contributed by atoms with Gasteiger partial charge in [0.05, 0.1) is 25.5 Å². The van der Waals surface area contributed by atoms with Crippen molar-refractivity contribution in [1.29, 1.82) is 0 Å². The van der Waals surface area contributed by atoms with E-state index in [-0.39, 0.29) is 17.2 Å². The van der Waals surface area contributed by atoms with E-state index >= 15 is 0 Å². The van der Waals surface area contributed by atoms with E-state index in [1.165, 1.54) is 26.4 Å². The molecule has 3 N–H and O–H groups in total. The minimum atomic E-state index is -0.682. The van der Waals surface area contributed by atoms with Crippen molar-refractivity contribution in [3.8, 4) is 11.5 Å². The molecular formula is C19H19N3O4. The van der Waals surface area contributed by atoms with Crippen molar-refractivity contribution in [3.05, 3.63) is 53.7 Å². The van der Waals surface area contributed by atoms with E-state index < -0.39 is 5.91 Å². The summed E-state index contributed by atoms with van der Waals surface area (Å²) in [5.74, 6) is -0.314. The third-order valence-electron chi connectivity index (χ3n) is 4.22. The molecule has 0 aliphatic carbocycles. The Morgan fingerprint density at radius 3 is 2.31 bits per heavy atom. The highest BCUT2D eigenvalue weighted by Crippen LogP contribution is 2.33. The molecule has 1 heterocycles. The molecule has 7 nitrogen and oxygen atoms in total. The number of nitrogens with one attached hydrogen (secondary N) is 1. The van der Waals surface area contributed by atoms with E-state index in [0.717, 1.165) is 10.9 Å². The van der Waals surface area contributed by atoms with Gasteiger partial charge in [-0.25, -0.2) is 0 Å². The summed E-state index contributed by atoms with van der Waals surface area (Å²) >= 11 is 0. The molecule has 0 saturated heterocycles. The molecule has 3 rings (SSSR count). The Kier molecular flexibility index (Phi) is 4.53. The number of rotatable bonds is 5. The van der Waals surface area contributed by atoms with Crippen LogP contribution < -0.4 is 20.5 Å². The first-order chi connectivity index (χ1) is 12.5. The van der Waals surface area contributed by atoms with Gasteiger partial charge in [0.1, 0.15) is 5.69 Å². The fourth-order valence-electron chi connectivity index (χ4n) is 2.88. The third-order valence-corrected chi connectivity index (χ3v) is 4.22. The minimum Gasteiger partial charge on any atom is -0.493 e. The maximum absolute atomic E-state index is 12.8. The van der Waals surface area contributed by atoms with Crippen molar-refractivity contribution >= 4 is 28.4 Å². The number of ether oxygens (including phenoxy) is 2. The van der Waals surface area contributed by atoms with Crippen LogP contribution in [0.5, 0.6) is 11.5 Å². The molecule has 0 bridgehead atoms. The number of carbonyl (C=O) groups excluding carboxylic acids is 2. The van der Waals surface area contributed by atoms with Crippen molar-refractivity contribution in [3.63, 3.8) is 0 Å². The number of fused-ring (bicyclic) bond motifs is 1. The average Bonchev–Trinajstić information content (AvgIpc) is 2.98. The molecule has 0 spiro atoms. The van der Waals surface area contributed by atoms with Crippen molar-refractivity contribution in [1.82, 2.24) is 4.57 Å². The predicted octanol–water partition coefficient (Wildman–Crippen LogP) is 2.55. The van der Waals surface area contributed by atoms with Gasteiger partial charge in [0, 0.05) is 24.0 Å². The first-order valence-corrected chi connectivity index (χ1v) is 7.88. The first kappa shape index (κ1) is 17.3. The molecule has 0 unspecified atom stereocenters. The molecule has 0 radical (unpaired) electrons. The van der Waals surface area contributed by atoms with Crippen LogP contribution in [0.2, 0.25) is 0 Å². The summed E-state index contributed by atoms with van der Waals surface area (Å²) in [5.41, 5.74) is 7.22. The van der Waals surface area contributed by atoms with Crippen LogP contribution in [0, 0.1) is 0 Å². The zero-order chi connectivity index (χ0) is 18.8. The quantitative estimate of drug-likeness (QED) is 0.737. The molecule has 0 aliphatic heterocycles. The van der Waals surface area contributed by atoms with E-state index in [4.69, 9.17) is 15.2 Å². The van der Waals surface area contributed by atoms with Crippen LogP contribution >= 0.6 is 0 Å². The number of primary amides is 1. The van der Waals surface area contributed by atoms with Crippen molar-refractivity contribution in [2.75, 3.05) is 19.5 Å². The molecule has 7 heteroatoms. The van der Waals surface area contributed by atoms with Crippen LogP contribution in [0.3, 0.4) is 0 Å². The van der Waals surface area contributed by atoms with Gasteiger partial charge in [-0.3, -0.25) is 9.59 Å². The Labute approximate surface area is 150 Å². The Morgan fingerprint density at radius 2 is 1.69 bits per heavy atom. The molecule has 0 aliphatic rings. The fraction of sp³-hybridized carbons (Fsp3) is 0.158. The number of aryl methyl sites for hydroxylation is 1. The number of hydrogen-bond acceptors (Lipinski definition) is 4. The molecule has 0 saturated carbocycles. The maximum atomic E-state index is 12.8. The third kappa shape index (κ3) is 2.95. The smallest absolute Gasteiger partial charge is 0.272 e. The molecule has 0 fully saturated rings. The van der Waals surface area contributed by atoms with Gasteiger partial charge in [0.2, 0.25) is 0 Å². The number of carbonyl (C=O) groups is 2. The zero-order valence-corrected chi connectivity index (χ0v) is 14.7. The summed E-state index contributed by atoms with van der Waals surface area (Å²) in [6, 6.07) is 12.4. The Bertz CT molecular complexity index is 1010. The number of para-hydroxylation sites is 1. The molecule has 26 heavy (non-hydrogen) atoms. The highest BCUT2D eigenvalue weighted by molar-refractivity contribution is 6.10. The van der Waals surface area contributed by atoms with Gasteiger partial charge in [0.25, 0.3) is 11.8 Å². The average molecular weight is 353 g/mol. The molecule has 1 aromatic heterocycles. The molecule has 2 aromatic carbocycles. The van der Waals surface area contributed by atoms with E-state index in [9.17, 15) is 9.59 Å². The summed E-state index contributed by atoms with van der Waals surface area (Å²) in [5, 5.41) is 3.69. The highest BCUT2D eigenvalue weighted by Gasteiger charge is 2.19. The van der Waals surface area contributed by atoms with Gasteiger partial charge in [-0.1, -0.05) is 18.2 Å². The largest absolute Gasteiger partial charge is 0.493 e. The van der Waals surface area contributed by atoms with Crippen molar-refractivity contribution < 1.29 is 19.1 Å². The Morgan fingerprint density at radius 1 is 1.04 bits per heavy atom. The van der Waals surface area contributed by atoms with Gasteiger partial charge in [0.15, 0.2) is 11.5 Å². The number of nitrogens with zero attached hydrogens (tertiary/aromatic N) is 1. The van der Waals surface area contributed by atoms with Crippen molar-refractivity contribution in [2.45, 2.75) is 0 Å². The van der Waals surface area contributed by atoms with Crippen LogP contribution in [0.25, 0.3) is 10.9 Å². The lowest BCUT2D eigenvalue weighted by Crippen LogP contribution is -2.20. The Hall–Kier alpha value is -3.48. The van der Waals surface area contributed by atoms with Crippen LogP contribution in [-0.2, 0) is 7.05 Å². The molecular weight excluding hydrogens is 334 g/mol. The summed E-state index contributed by atoms with van der Waals surface area (Å²) in [4.78, 5) is 24.6. The first-order valence-electron chi connectivity index (χ1n) is 7.88. The number of hydrogen-bond donors (Lipinski definition) is 2. The van der Waals surface area contributed by atoms with E-state index in [1.54, 1.807) is 17.7 Å². The number of anilines is 1. The molecule has 2 amide bonds. The second-order valence-electron chi connectivity index (χ2n) is 5.72.